The first kappa shape index (κ1) is 16.8. The molecule has 0 aromatic carbocycles. The standard InChI is InChI=1S/C16H26N2O4/c1-2-3-8-13(16(21)22)17-15(20)11-9-14(19)18(10-11)12-6-4-5-7-12/h11-13H,2-10H2,1H3,(H,17,20)(H,21,22). The Morgan fingerprint density at radius 1 is 1.36 bits per heavy atom. The summed E-state index contributed by atoms with van der Waals surface area (Å²) in [5, 5.41) is 11.8. The molecule has 1 aliphatic heterocycles. The zero-order valence-electron chi connectivity index (χ0n) is 13.2. The topological polar surface area (TPSA) is 86.7 Å². The Morgan fingerprint density at radius 3 is 2.64 bits per heavy atom. The molecule has 2 amide bonds. The van der Waals surface area contributed by atoms with E-state index in [1.54, 1.807) is 0 Å². The molecular formula is C16H26N2O4. The summed E-state index contributed by atoms with van der Waals surface area (Å²) in [6.07, 6.45) is 6.62. The molecule has 6 heteroatoms. The van der Waals surface area contributed by atoms with Crippen LogP contribution in [0.1, 0.15) is 58.3 Å². The largest absolute Gasteiger partial charge is 0.480 e. The van der Waals surface area contributed by atoms with Crippen LogP contribution in [-0.2, 0) is 14.4 Å². The van der Waals surface area contributed by atoms with Gasteiger partial charge in [-0.15, -0.1) is 0 Å². The number of carbonyl (C=O) groups excluding carboxylic acids is 2. The predicted octanol–water partition coefficient (Wildman–Crippen LogP) is 1.54. The number of unbranched alkanes of at least 4 members (excludes halogenated alkanes) is 1. The lowest BCUT2D eigenvalue weighted by Crippen LogP contribution is -2.44. The van der Waals surface area contributed by atoms with Gasteiger partial charge in [-0.05, 0) is 19.3 Å². The van der Waals surface area contributed by atoms with E-state index in [2.05, 4.69) is 5.32 Å². The Bertz CT molecular complexity index is 432. The fourth-order valence-corrected chi connectivity index (χ4v) is 3.43. The molecule has 6 nitrogen and oxygen atoms in total. The third kappa shape index (κ3) is 3.99. The molecule has 2 atom stereocenters. The molecule has 1 saturated heterocycles. The van der Waals surface area contributed by atoms with Gasteiger partial charge in [0.2, 0.25) is 11.8 Å². The van der Waals surface area contributed by atoms with Crippen LogP contribution in [0.2, 0.25) is 0 Å². The highest BCUT2D eigenvalue weighted by Gasteiger charge is 2.39. The molecule has 124 valence electrons. The molecule has 1 heterocycles. The van der Waals surface area contributed by atoms with Crippen LogP contribution in [0.5, 0.6) is 0 Å². The third-order valence-corrected chi connectivity index (χ3v) is 4.76. The van der Waals surface area contributed by atoms with Crippen molar-refractivity contribution in [3.63, 3.8) is 0 Å². The first-order chi connectivity index (χ1) is 10.5. The van der Waals surface area contributed by atoms with Gasteiger partial charge in [0, 0.05) is 19.0 Å². The summed E-state index contributed by atoms with van der Waals surface area (Å²) in [5.74, 6) is -1.67. The van der Waals surface area contributed by atoms with Gasteiger partial charge >= 0.3 is 5.97 Å². The Hall–Kier alpha value is -1.59. The van der Waals surface area contributed by atoms with Gasteiger partial charge in [0.25, 0.3) is 0 Å². The second-order valence-electron chi connectivity index (χ2n) is 6.43. The van der Waals surface area contributed by atoms with E-state index in [1.807, 2.05) is 11.8 Å². The van der Waals surface area contributed by atoms with Gasteiger partial charge in [0.05, 0.1) is 5.92 Å². The van der Waals surface area contributed by atoms with Crippen LogP contribution in [0.15, 0.2) is 0 Å². The average Bonchev–Trinajstić information content (AvgIpc) is 3.11. The zero-order chi connectivity index (χ0) is 16.1. The van der Waals surface area contributed by atoms with Gasteiger partial charge in [-0.3, -0.25) is 9.59 Å². The molecule has 0 aromatic heterocycles. The molecule has 22 heavy (non-hydrogen) atoms. The lowest BCUT2D eigenvalue weighted by Gasteiger charge is -2.24. The molecule has 0 bridgehead atoms. The maximum absolute atomic E-state index is 12.3. The highest BCUT2D eigenvalue weighted by atomic mass is 16.4. The van der Waals surface area contributed by atoms with Gasteiger partial charge in [-0.1, -0.05) is 32.6 Å². The number of likely N-dealkylation sites (tertiary alicyclic amines) is 1. The van der Waals surface area contributed by atoms with Gasteiger partial charge in [0.1, 0.15) is 6.04 Å². The summed E-state index contributed by atoms with van der Waals surface area (Å²) in [6.45, 7) is 2.42. The van der Waals surface area contributed by atoms with Crippen LogP contribution in [0.3, 0.4) is 0 Å². The third-order valence-electron chi connectivity index (χ3n) is 4.76. The molecule has 2 unspecified atom stereocenters. The number of nitrogens with zero attached hydrogens (tertiary/aromatic N) is 1. The minimum Gasteiger partial charge on any atom is -0.480 e. The van der Waals surface area contributed by atoms with Crippen LogP contribution < -0.4 is 5.32 Å². The number of carboxylic acids is 1. The number of carbonyl (C=O) groups is 3. The summed E-state index contributed by atoms with van der Waals surface area (Å²) >= 11 is 0. The van der Waals surface area contributed by atoms with Crippen molar-refractivity contribution < 1.29 is 19.5 Å². The maximum atomic E-state index is 12.3. The second-order valence-corrected chi connectivity index (χ2v) is 6.43. The van der Waals surface area contributed by atoms with Crippen LogP contribution >= 0.6 is 0 Å². The molecule has 0 aromatic rings. The maximum Gasteiger partial charge on any atom is 0.326 e. The van der Waals surface area contributed by atoms with Crippen molar-refractivity contribution in [2.45, 2.75) is 70.4 Å². The lowest BCUT2D eigenvalue weighted by molar-refractivity contribution is -0.142. The molecule has 0 radical (unpaired) electrons. The molecular weight excluding hydrogens is 284 g/mol. The van der Waals surface area contributed by atoms with Crippen molar-refractivity contribution in [3.05, 3.63) is 0 Å². The number of hydrogen-bond donors (Lipinski definition) is 2. The van der Waals surface area contributed by atoms with Gasteiger partial charge in [0.15, 0.2) is 0 Å². The summed E-state index contributed by atoms with van der Waals surface area (Å²) in [4.78, 5) is 37.4. The number of carboxylic acid groups (broad SMARTS) is 1. The first-order valence-electron chi connectivity index (χ1n) is 8.35. The summed E-state index contributed by atoms with van der Waals surface area (Å²) in [7, 11) is 0. The van der Waals surface area contributed by atoms with Crippen molar-refractivity contribution in [2.75, 3.05) is 6.54 Å². The molecule has 2 N–H and O–H groups in total. The predicted molar refractivity (Wildman–Crippen MR) is 81.2 cm³/mol. The van der Waals surface area contributed by atoms with Crippen molar-refractivity contribution in [2.24, 2.45) is 5.92 Å². The lowest BCUT2D eigenvalue weighted by atomic mass is 10.1. The number of hydrogen-bond acceptors (Lipinski definition) is 3. The van der Waals surface area contributed by atoms with Crippen LogP contribution in [-0.4, -0.2) is 46.4 Å². The molecule has 0 spiro atoms. The summed E-state index contributed by atoms with van der Waals surface area (Å²) < 4.78 is 0. The highest BCUT2D eigenvalue weighted by Crippen LogP contribution is 2.29. The first-order valence-corrected chi connectivity index (χ1v) is 8.35. The van der Waals surface area contributed by atoms with Gasteiger partial charge in [-0.25, -0.2) is 4.79 Å². The highest BCUT2D eigenvalue weighted by molar-refractivity contribution is 5.91. The smallest absolute Gasteiger partial charge is 0.326 e. The van der Waals surface area contributed by atoms with E-state index >= 15 is 0 Å². The zero-order valence-corrected chi connectivity index (χ0v) is 13.2. The van der Waals surface area contributed by atoms with Crippen LogP contribution in [0, 0.1) is 5.92 Å². The molecule has 2 rings (SSSR count). The summed E-state index contributed by atoms with van der Waals surface area (Å²) in [5.41, 5.74) is 0. The number of nitrogens with one attached hydrogen (secondary N) is 1. The molecule has 2 fully saturated rings. The summed E-state index contributed by atoms with van der Waals surface area (Å²) in [6, 6.07) is -0.566. The monoisotopic (exact) mass is 310 g/mol. The average molecular weight is 310 g/mol. The van der Waals surface area contributed by atoms with E-state index in [0.717, 1.165) is 38.5 Å². The number of aliphatic carboxylic acids is 1. The molecule has 1 aliphatic carbocycles. The van der Waals surface area contributed by atoms with Crippen LogP contribution in [0.4, 0.5) is 0 Å². The van der Waals surface area contributed by atoms with E-state index in [4.69, 9.17) is 0 Å². The Balaban J connectivity index is 1.89. The second kappa shape index (κ2) is 7.61. The van der Waals surface area contributed by atoms with E-state index in [1.165, 1.54) is 0 Å². The van der Waals surface area contributed by atoms with E-state index in [0.29, 0.717) is 13.0 Å². The number of rotatable bonds is 7. The fraction of sp³-hybridized carbons (Fsp3) is 0.812. The fourth-order valence-electron chi connectivity index (χ4n) is 3.43. The normalized spacial score (nSPS) is 23.8. The van der Waals surface area contributed by atoms with E-state index < -0.39 is 17.9 Å². The van der Waals surface area contributed by atoms with Crippen molar-refractivity contribution in [1.29, 1.82) is 0 Å². The molecule has 1 saturated carbocycles. The van der Waals surface area contributed by atoms with Crippen LogP contribution in [0.25, 0.3) is 0 Å². The minimum absolute atomic E-state index is 0.0347. The Morgan fingerprint density at radius 2 is 2.05 bits per heavy atom. The van der Waals surface area contributed by atoms with Crippen molar-refractivity contribution >= 4 is 17.8 Å². The number of amides is 2. The minimum atomic E-state index is -1.00. The van der Waals surface area contributed by atoms with E-state index in [-0.39, 0.29) is 24.3 Å². The van der Waals surface area contributed by atoms with Crippen molar-refractivity contribution in [3.8, 4) is 0 Å². The SMILES string of the molecule is CCCCC(NC(=O)C1CC(=O)N(C2CCCC2)C1)C(=O)O. The Kier molecular flexibility index (Phi) is 5.80. The van der Waals surface area contributed by atoms with E-state index in [9.17, 15) is 19.5 Å². The van der Waals surface area contributed by atoms with Gasteiger partial charge < -0.3 is 15.3 Å². The van der Waals surface area contributed by atoms with Gasteiger partial charge in [-0.2, -0.15) is 0 Å². The van der Waals surface area contributed by atoms with Crippen molar-refractivity contribution in [1.82, 2.24) is 10.2 Å². The quantitative estimate of drug-likeness (QED) is 0.746. The Labute approximate surface area is 131 Å². The molecule has 2 aliphatic rings.